The van der Waals surface area contributed by atoms with Crippen molar-refractivity contribution in [1.29, 1.82) is 0 Å². The molecule has 0 aliphatic rings. The number of benzene rings is 3. The van der Waals surface area contributed by atoms with Gasteiger partial charge in [-0.3, -0.25) is 9.10 Å². The zero-order chi connectivity index (χ0) is 20.7. The summed E-state index contributed by atoms with van der Waals surface area (Å²) in [6.45, 7) is 2.16. The molecule has 5 nitrogen and oxygen atoms in total. The van der Waals surface area contributed by atoms with Crippen LogP contribution in [0.1, 0.15) is 18.4 Å². The summed E-state index contributed by atoms with van der Waals surface area (Å²) in [5.74, 6) is -0.229. The molecule has 1 N–H and O–H groups in total. The van der Waals surface area contributed by atoms with Crippen LogP contribution in [0.3, 0.4) is 0 Å². The van der Waals surface area contributed by atoms with Gasteiger partial charge in [0.15, 0.2) is 0 Å². The van der Waals surface area contributed by atoms with Crippen molar-refractivity contribution in [1.82, 2.24) is 5.32 Å². The van der Waals surface area contributed by atoms with Gasteiger partial charge < -0.3 is 5.32 Å². The molecule has 0 spiro atoms. The lowest BCUT2D eigenvalue weighted by atomic mass is 10.0. The lowest BCUT2D eigenvalue weighted by molar-refractivity contribution is -0.119. The molecule has 0 heterocycles. The van der Waals surface area contributed by atoms with Crippen LogP contribution in [0.2, 0.25) is 0 Å². The number of hydrogen-bond donors (Lipinski definition) is 1. The van der Waals surface area contributed by atoms with Gasteiger partial charge in [0.25, 0.3) is 10.0 Å². The Labute approximate surface area is 172 Å². The Hall–Kier alpha value is -3.12. The van der Waals surface area contributed by atoms with E-state index in [1.807, 2.05) is 37.3 Å². The number of carbonyl (C=O) groups excluding carboxylic acids is 1. The van der Waals surface area contributed by atoms with Crippen molar-refractivity contribution in [2.24, 2.45) is 0 Å². The summed E-state index contributed by atoms with van der Waals surface area (Å²) in [4.78, 5) is 12.8. The fourth-order valence-corrected chi connectivity index (χ4v) is 4.42. The second kappa shape index (κ2) is 9.39. The van der Waals surface area contributed by atoms with Gasteiger partial charge in [0.05, 0.1) is 10.6 Å². The van der Waals surface area contributed by atoms with Crippen molar-refractivity contribution in [3.8, 4) is 0 Å². The van der Waals surface area contributed by atoms with Gasteiger partial charge in [0, 0.05) is 6.54 Å². The zero-order valence-electron chi connectivity index (χ0n) is 16.2. The Balaban J connectivity index is 1.76. The Morgan fingerprint density at radius 2 is 1.38 bits per heavy atom. The van der Waals surface area contributed by atoms with Gasteiger partial charge in [0.1, 0.15) is 6.54 Å². The van der Waals surface area contributed by atoms with Crippen molar-refractivity contribution < 1.29 is 13.2 Å². The molecule has 1 amide bonds. The van der Waals surface area contributed by atoms with E-state index in [9.17, 15) is 13.2 Å². The number of rotatable bonds is 8. The lowest BCUT2D eigenvalue weighted by Gasteiger charge is -2.24. The fraction of sp³-hybridized carbons (Fsp3) is 0.174. The maximum atomic E-state index is 13.2. The van der Waals surface area contributed by atoms with Crippen LogP contribution in [0.25, 0.3) is 0 Å². The fourth-order valence-electron chi connectivity index (χ4n) is 2.98. The van der Waals surface area contributed by atoms with E-state index in [4.69, 9.17) is 0 Å². The standard InChI is InChI=1S/C23H24N2O3S/c1-19(20-11-5-2-6-12-20)17-24-23(26)18-25(21-13-7-3-8-14-21)29(27,28)22-15-9-4-10-16-22/h2-16,19H,17-18H2,1H3,(H,24,26). The Kier molecular flexibility index (Phi) is 6.67. The number of anilines is 1. The Bertz CT molecular complexity index is 1020. The molecular weight excluding hydrogens is 384 g/mol. The van der Waals surface area contributed by atoms with Crippen molar-refractivity contribution in [3.05, 3.63) is 96.6 Å². The Morgan fingerprint density at radius 1 is 0.862 bits per heavy atom. The summed E-state index contributed by atoms with van der Waals surface area (Å²) in [6, 6.07) is 26.7. The third-order valence-electron chi connectivity index (χ3n) is 4.64. The molecule has 150 valence electrons. The smallest absolute Gasteiger partial charge is 0.264 e. The SMILES string of the molecule is CC(CNC(=O)CN(c1ccccc1)S(=O)(=O)c1ccccc1)c1ccccc1. The second-order valence-corrected chi connectivity index (χ2v) is 8.64. The quantitative estimate of drug-likeness (QED) is 0.616. The van der Waals surface area contributed by atoms with Gasteiger partial charge in [-0.25, -0.2) is 8.42 Å². The molecule has 0 fully saturated rings. The largest absolute Gasteiger partial charge is 0.354 e. The molecule has 3 rings (SSSR count). The first-order valence-electron chi connectivity index (χ1n) is 9.43. The first-order valence-corrected chi connectivity index (χ1v) is 10.9. The number of nitrogens with one attached hydrogen (secondary N) is 1. The van der Waals surface area contributed by atoms with Gasteiger partial charge in [-0.2, -0.15) is 0 Å². The third kappa shape index (κ3) is 5.23. The normalized spacial score (nSPS) is 12.2. The first-order chi connectivity index (χ1) is 14.0. The molecule has 0 aliphatic heterocycles. The van der Waals surface area contributed by atoms with E-state index in [-0.39, 0.29) is 23.3 Å². The van der Waals surface area contributed by atoms with Gasteiger partial charge in [-0.15, -0.1) is 0 Å². The van der Waals surface area contributed by atoms with Crippen molar-refractivity contribution in [3.63, 3.8) is 0 Å². The molecule has 29 heavy (non-hydrogen) atoms. The van der Waals surface area contributed by atoms with E-state index in [1.54, 1.807) is 48.5 Å². The maximum absolute atomic E-state index is 13.2. The van der Waals surface area contributed by atoms with Crippen molar-refractivity contribution in [2.75, 3.05) is 17.4 Å². The van der Waals surface area contributed by atoms with E-state index >= 15 is 0 Å². The van der Waals surface area contributed by atoms with E-state index in [0.29, 0.717) is 12.2 Å². The predicted octanol–water partition coefficient (Wildman–Crippen LogP) is 3.80. The van der Waals surface area contributed by atoms with Gasteiger partial charge >= 0.3 is 0 Å². The summed E-state index contributed by atoms with van der Waals surface area (Å²) < 4.78 is 27.5. The van der Waals surface area contributed by atoms with E-state index in [2.05, 4.69) is 5.32 Å². The Morgan fingerprint density at radius 3 is 1.97 bits per heavy atom. The molecule has 1 atom stereocenters. The summed E-state index contributed by atoms with van der Waals surface area (Å²) >= 11 is 0. The van der Waals surface area contributed by atoms with E-state index < -0.39 is 10.0 Å². The monoisotopic (exact) mass is 408 g/mol. The average molecular weight is 409 g/mol. The molecule has 0 saturated heterocycles. The molecule has 1 unspecified atom stereocenters. The summed E-state index contributed by atoms with van der Waals surface area (Å²) in [6.07, 6.45) is 0. The zero-order valence-corrected chi connectivity index (χ0v) is 17.0. The number of sulfonamides is 1. The minimum Gasteiger partial charge on any atom is -0.354 e. The van der Waals surface area contributed by atoms with Crippen LogP contribution in [0.4, 0.5) is 5.69 Å². The molecule has 0 saturated carbocycles. The van der Waals surface area contributed by atoms with Crippen LogP contribution < -0.4 is 9.62 Å². The van der Waals surface area contributed by atoms with E-state index in [0.717, 1.165) is 9.87 Å². The number of hydrogen-bond acceptors (Lipinski definition) is 3. The van der Waals surface area contributed by atoms with Gasteiger partial charge in [-0.05, 0) is 35.7 Å². The maximum Gasteiger partial charge on any atom is 0.264 e. The molecule has 6 heteroatoms. The molecule has 0 aromatic heterocycles. The minimum absolute atomic E-state index is 0.121. The van der Waals surface area contributed by atoms with Crippen molar-refractivity contribution in [2.45, 2.75) is 17.7 Å². The number of amides is 1. The average Bonchev–Trinajstić information content (AvgIpc) is 2.77. The van der Waals surface area contributed by atoms with Gasteiger partial charge in [-0.1, -0.05) is 73.7 Å². The molecular formula is C23H24N2O3S. The number of para-hydroxylation sites is 1. The molecule has 3 aromatic rings. The van der Waals surface area contributed by atoms with E-state index in [1.165, 1.54) is 12.1 Å². The predicted molar refractivity (Wildman–Crippen MR) is 115 cm³/mol. The highest BCUT2D eigenvalue weighted by atomic mass is 32.2. The topological polar surface area (TPSA) is 66.5 Å². The van der Waals surface area contributed by atoms with Crippen LogP contribution in [0.15, 0.2) is 95.9 Å². The molecule has 0 bridgehead atoms. The summed E-state index contributed by atoms with van der Waals surface area (Å²) in [5.41, 5.74) is 1.56. The highest BCUT2D eigenvalue weighted by Gasteiger charge is 2.27. The minimum atomic E-state index is -3.87. The number of carbonyl (C=O) groups is 1. The summed E-state index contributed by atoms with van der Waals surface area (Å²) in [7, 11) is -3.87. The van der Waals surface area contributed by atoms with Gasteiger partial charge in [0.2, 0.25) is 5.91 Å². The third-order valence-corrected chi connectivity index (χ3v) is 6.42. The van der Waals surface area contributed by atoms with Crippen molar-refractivity contribution >= 4 is 21.6 Å². The number of nitrogens with zero attached hydrogens (tertiary/aromatic N) is 1. The molecule has 3 aromatic carbocycles. The summed E-state index contributed by atoms with van der Waals surface area (Å²) in [5, 5.41) is 2.86. The molecule has 0 radical (unpaired) electrons. The lowest BCUT2D eigenvalue weighted by Crippen LogP contribution is -2.41. The highest BCUT2D eigenvalue weighted by molar-refractivity contribution is 7.92. The van der Waals surface area contributed by atoms with Crippen LogP contribution in [-0.4, -0.2) is 27.4 Å². The van der Waals surface area contributed by atoms with Crippen LogP contribution in [0, 0.1) is 0 Å². The van der Waals surface area contributed by atoms with Crippen LogP contribution >= 0.6 is 0 Å². The first kappa shape index (κ1) is 20.6. The molecule has 0 aliphatic carbocycles. The highest BCUT2D eigenvalue weighted by Crippen LogP contribution is 2.23. The second-order valence-electron chi connectivity index (χ2n) is 6.78. The van der Waals surface area contributed by atoms with Crippen LogP contribution in [-0.2, 0) is 14.8 Å². The van der Waals surface area contributed by atoms with Crippen LogP contribution in [0.5, 0.6) is 0 Å².